The van der Waals surface area contributed by atoms with Gasteiger partial charge in [-0.3, -0.25) is 9.35 Å². The molecule has 4 fully saturated rings. The molecule has 0 bridgehead atoms. The summed E-state index contributed by atoms with van der Waals surface area (Å²) in [5, 5.41) is 13.0. The van der Waals surface area contributed by atoms with Crippen LogP contribution in [0.25, 0.3) is 0 Å². The van der Waals surface area contributed by atoms with Gasteiger partial charge >= 0.3 is 0 Å². The Morgan fingerprint density at radius 3 is 2.46 bits per heavy atom. The normalized spacial score (nSPS) is 44.1. The van der Waals surface area contributed by atoms with Gasteiger partial charge in [0, 0.05) is 20.1 Å². The van der Waals surface area contributed by atoms with Crippen LogP contribution in [-0.2, 0) is 19.6 Å². The highest BCUT2D eigenvalue weighted by Gasteiger charge is 2.63. The zero-order valence-electron chi connectivity index (χ0n) is 22.0. The third kappa shape index (κ3) is 5.32. The SMILES string of the molecule is CO[C@@H]1C[C@@H]2C[C@H](O)CC[C@]2(C)[C@H]2CC[C@]3(C)[C@@H]([C@H](C)CCC(=O)NCCS(=O)(=O)O)CC[C@H]3[C@H]12. The first-order valence-electron chi connectivity index (χ1n) is 13.8. The van der Waals surface area contributed by atoms with Gasteiger partial charge in [0.25, 0.3) is 10.1 Å². The monoisotopic (exact) mass is 513 g/mol. The van der Waals surface area contributed by atoms with E-state index >= 15 is 0 Å². The highest BCUT2D eigenvalue weighted by atomic mass is 32.2. The highest BCUT2D eigenvalue weighted by molar-refractivity contribution is 7.85. The Kier molecular flexibility index (Phi) is 7.98. The Balaban J connectivity index is 1.41. The zero-order valence-corrected chi connectivity index (χ0v) is 22.9. The van der Waals surface area contributed by atoms with Gasteiger partial charge in [0.05, 0.1) is 18.0 Å². The number of rotatable bonds is 8. The summed E-state index contributed by atoms with van der Waals surface area (Å²) in [4.78, 5) is 12.3. The van der Waals surface area contributed by atoms with E-state index in [4.69, 9.17) is 9.29 Å². The van der Waals surface area contributed by atoms with Gasteiger partial charge in [-0.25, -0.2) is 0 Å². The number of ether oxygens (including phenoxy) is 1. The molecule has 35 heavy (non-hydrogen) atoms. The van der Waals surface area contributed by atoms with Crippen LogP contribution in [-0.4, -0.2) is 55.6 Å². The number of nitrogens with one attached hydrogen (secondary N) is 1. The van der Waals surface area contributed by atoms with E-state index in [0.29, 0.717) is 47.3 Å². The summed E-state index contributed by atoms with van der Waals surface area (Å²) in [6.45, 7) is 7.24. The largest absolute Gasteiger partial charge is 0.393 e. The molecule has 0 aromatic carbocycles. The molecule has 3 N–H and O–H groups in total. The quantitative estimate of drug-likeness (QED) is 0.422. The zero-order chi connectivity index (χ0) is 25.6. The summed E-state index contributed by atoms with van der Waals surface area (Å²) in [5.41, 5.74) is 0.570. The van der Waals surface area contributed by atoms with Gasteiger partial charge in [-0.2, -0.15) is 8.42 Å². The van der Waals surface area contributed by atoms with E-state index in [9.17, 15) is 18.3 Å². The van der Waals surface area contributed by atoms with Crippen molar-refractivity contribution in [3.8, 4) is 0 Å². The number of fused-ring (bicyclic) bond motifs is 5. The molecule has 0 aromatic heterocycles. The molecule has 0 aromatic rings. The van der Waals surface area contributed by atoms with E-state index < -0.39 is 15.9 Å². The molecule has 4 aliphatic rings. The molecule has 7 nitrogen and oxygen atoms in total. The summed E-state index contributed by atoms with van der Waals surface area (Å²) >= 11 is 0. The average Bonchev–Trinajstić information content (AvgIpc) is 3.14. The van der Waals surface area contributed by atoms with Crippen molar-refractivity contribution in [3.63, 3.8) is 0 Å². The van der Waals surface area contributed by atoms with Crippen molar-refractivity contribution in [1.29, 1.82) is 0 Å². The molecule has 4 aliphatic carbocycles. The lowest BCUT2D eigenvalue weighted by molar-refractivity contribution is -0.181. The maximum Gasteiger partial charge on any atom is 0.266 e. The molecule has 0 spiro atoms. The lowest BCUT2D eigenvalue weighted by atomic mass is 9.43. The molecule has 0 aliphatic heterocycles. The third-order valence-electron chi connectivity index (χ3n) is 11.2. The van der Waals surface area contributed by atoms with E-state index in [-0.39, 0.29) is 30.1 Å². The van der Waals surface area contributed by atoms with E-state index in [1.165, 1.54) is 25.7 Å². The molecule has 10 atom stereocenters. The van der Waals surface area contributed by atoms with Crippen molar-refractivity contribution >= 4 is 16.0 Å². The maximum absolute atomic E-state index is 12.3. The van der Waals surface area contributed by atoms with Crippen LogP contribution in [0.1, 0.15) is 85.0 Å². The second-order valence-corrected chi connectivity index (χ2v) is 14.4. The number of methoxy groups -OCH3 is 1. The minimum atomic E-state index is -4.05. The first kappa shape index (κ1) is 27.3. The average molecular weight is 514 g/mol. The van der Waals surface area contributed by atoms with Crippen LogP contribution >= 0.6 is 0 Å². The molecule has 0 saturated heterocycles. The number of aliphatic hydroxyl groups excluding tert-OH is 1. The number of carbonyl (C=O) groups is 1. The van der Waals surface area contributed by atoms with E-state index in [2.05, 4.69) is 26.1 Å². The lowest BCUT2D eigenvalue weighted by Gasteiger charge is -2.63. The Bertz CT molecular complexity index is 879. The first-order chi connectivity index (χ1) is 16.4. The van der Waals surface area contributed by atoms with Gasteiger partial charge in [-0.1, -0.05) is 20.8 Å². The highest BCUT2D eigenvalue weighted by Crippen LogP contribution is 2.68. The predicted molar refractivity (Wildman–Crippen MR) is 135 cm³/mol. The number of aliphatic hydroxyl groups is 1. The fraction of sp³-hybridized carbons (Fsp3) is 0.963. The van der Waals surface area contributed by atoms with Crippen LogP contribution in [0.15, 0.2) is 0 Å². The van der Waals surface area contributed by atoms with Gasteiger partial charge in [0.15, 0.2) is 0 Å². The molecule has 0 radical (unpaired) electrons. The summed E-state index contributed by atoms with van der Waals surface area (Å²) in [6, 6.07) is 0. The topological polar surface area (TPSA) is 113 Å². The fourth-order valence-corrected chi connectivity index (χ4v) is 9.73. The van der Waals surface area contributed by atoms with Crippen molar-refractivity contribution in [3.05, 3.63) is 0 Å². The predicted octanol–water partition coefficient (Wildman–Crippen LogP) is 4.05. The van der Waals surface area contributed by atoms with Crippen LogP contribution in [0, 0.1) is 46.3 Å². The van der Waals surface area contributed by atoms with Gasteiger partial charge in [-0.15, -0.1) is 0 Å². The van der Waals surface area contributed by atoms with Gasteiger partial charge in [0.2, 0.25) is 5.91 Å². The lowest BCUT2D eigenvalue weighted by Crippen LogP contribution is -2.59. The third-order valence-corrected chi connectivity index (χ3v) is 11.9. The number of hydrogen-bond donors (Lipinski definition) is 3. The first-order valence-corrected chi connectivity index (χ1v) is 15.4. The molecule has 4 saturated carbocycles. The van der Waals surface area contributed by atoms with Crippen LogP contribution in [0.5, 0.6) is 0 Å². The second-order valence-electron chi connectivity index (χ2n) is 12.8. The molecule has 0 heterocycles. The minimum absolute atomic E-state index is 0.0481. The van der Waals surface area contributed by atoms with Gasteiger partial charge in [-0.05, 0) is 104 Å². The van der Waals surface area contributed by atoms with Crippen molar-refractivity contribution in [2.24, 2.45) is 46.3 Å². The van der Waals surface area contributed by atoms with Crippen molar-refractivity contribution < 1.29 is 27.6 Å². The van der Waals surface area contributed by atoms with Crippen LogP contribution in [0.4, 0.5) is 0 Å². The number of amides is 1. The fourth-order valence-electron chi connectivity index (χ4n) is 9.37. The molecular formula is C27H47NO6S. The molecular weight excluding hydrogens is 466 g/mol. The van der Waals surface area contributed by atoms with E-state index in [1.54, 1.807) is 0 Å². The molecule has 202 valence electrons. The Morgan fingerprint density at radius 1 is 1.09 bits per heavy atom. The smallest absolute Gasteiger partial charge is 0.266 e. The van der Waals surface area contributed by atoms with Gasteiger partial charge < -0.3 is 15.2 Å². The van der Waals surface area contributed by atoms with Crippen LogP contribution < -0.4 is 5.32 Å². The van der Waals surface area contributed by atoms with Crippen molar-refractivity contribution in [2.75, 3.05) is 19.4 Å². The Hall–Kier alpha value is -0.700. The molecule has 1 amide bonds. The molecule has 8 heteroatoms. The second kappa shape index (κ2) is 10.2. The Morgan fingerprint density at radius 2 is 1.77 bits per heavy atom. The number of hydrogen-bond acceptors (Lipinski definition) is 5. The standard InChI is InChI=1S/C27H47NO6S/c1-17(5-8-24(30)28-13-14-35(31,32)33)20-6-7-21-25-22(10-12-27(20,21)3)26(2)11-9-19(29)15-18(26)16-23(25)34-4/h17-23,25,29H,5-16H2,1-4H3,(H,28,30)(H,31,32,33)/t17-,18+,19-,20-,21+,22+,23-,25+,26+,27-/m1/s1. The minimum Gasteiger partial charge on any atom is -0.393 e. The summed E-state index contributed by atoms with van der Waals surface area (Å²) in [7, 11) is -2.17. The van der Waals surface area contributed by atoms with Gasteiger partial charge in [0.1, 0.15) is 0 Å². The van der Waals surface area contributed by atoms with E-state index in [0.717, 1.165) is 32.1 Å². The summed E-state index contributed by atoms with van der Waals surface area (Å²) in [6.07, 6.45) is 10.3. The van der Waals surface area contributed by atoms with Crippen LogP contribution in [0.3, 0.4) is 0 Å². The maximum atomic E-state index is 12.3. The summed E-state index contributed by atoms with van der Waals surface area (Å²) < 4.78 is 36.8. The van der Waals surface area contributed by atoms with Crippen molar-refractivity contribution in [1.82, 2.24) is 5.32 Å². The summed E-state index contributed by atoms with van der Waals surface area (Å²) in [5.74, 6) is 2.86. The molecule has 4 rings (SSSR count). The van der Waals surface area contributed by atoms with Crippen molar-refractivity contribution in [2.45, 2.75) is 97.2 Å². The van der Waals surface area contributed by atoms with E-state index in [1.807, 2.05) is 7.11 Å². The number of carbonyl (C=O) groups excluding carboxylic acids is 1. The van der Waals surface area contributed by atoms with Crippen LogP contribution in [0.2, 0.25) is 0 Å². The molecule has 0 unspecified atom stereocenters. The Labute approximate surface area is 211 Å².